The third-order valence-electron chi connectivity index (χ3n) is 14.1. The van der Waals surface area contributed by atoms with Crippen LogP contribution >= 0.6 is 0 Å². The number of fused-ring (bicyclic) bond motifs is 10. The van der Waals surface area contributed by atoms with Gasteiger partial charge >= 0.3 is 12.1 Å². The van der Waals surface area contributed by atoms with Gasteiger partial charge in [-0.1, -0.05) is 60.7 Å². The van der Waals surface area contributed by atoms with Gasteiger partial charge in [-0.25, -0.2) is 9.59 Å². The summed E-state index contributed by atoms with van der Waals surface area (Å²) in [5.41, 5.74) is 8.06. The molecule has 8 heteroatoms. The molecule has 4 N–H and O–H groups in total. The van der Waals surface area contributed by atoms with Crippen molar-refractivity contribution in [1.82, 2.24) is 25.8 Å². The molecule has 2 aliphatic carbocycles. The quantitative estimate of drug-likeness (QED) is 0.160. The van der Waals surface area contributed by atoms with Gasteiger partial charge in [0.1, 0.15) is 0 Å². The second kappa shape index (κ2) is 15.5. The van der Waals surface area contributed by atoms with E-state index in [1.54, 1.807) is 22.3 Å². The van der Waals surface area contributed by atoms with Crippen LogP contribution in [0.25, 0.3) is 0 Å². The predicted molar refractivity (Wildman–Crippen MR) is 210 cm³/mol. The van der Waals surface area contributed by atoms with Gasteiger partial charge in [-0.2, -0.15) is 0 Å². The Morgan fingerprint density at radius 1 is 0.509 bits per heavy atom. The topological polar surface area (TPSA) is 88.7 Å². The molecule has 4 heterocycles. The maximum atomic E-state index is 12.8. The molecule has 4 amide bonds. The molecule has 280 valence electrons. The Morgan fingerprint density at radius 3 is 1.36 bits per heavy atom. The number of benzene rings is 3. The highest BCUT2D eigenvalue weighted by atomic mass is 16.2. The van der Waals surface area contributed by atoms with Gasteiger partial charge in [0.25, 0.3) is 0 Å². The molecule has 3 aromatic rings. The van der Waals surface area contributed by atoms with Crippen molar-refractivity contribution in [1.29, 1.82) is 0 Å². The molecule has 0 spiro atoms. The summed E-state index contributed by atoms with van der Waals surface area (Å²) in [6, 6.07) is 28.7. The number of hydrogen-bond acceptors (Lipinski definition) is 4. The van der Waals surface area contributed by atoms with Gasteiger partial charge < -0.3 is 21.3 Å². The van der Waals surface area contributed by atoms with Gasteiger partial charge in [-0.15, -0.1) is 0 Å². The number of rotatable bonds is 11. The SMILES string of the molecule is O=C(NCc1ccc(NC(=O)N[C@H]2CC[C@H](CCN3[C@@H]4CC[C@H]3c3ccccc34)CC2)cc1)N[C@H]1CC[C@H](CCN2[C@@H]3CC[C@H]2c2ccccc23)CC1. The Kier molecular flexibility index (Phi) is 10.2. The van der Waals surface area contributed by atoms with E-state index in [1.807, 2.05) is 24.3 Å². The first kappa shape index (κ1) is 34.9. The maximum Gasteiger partial charge on any atom is 0.319 e. The molecule has 2 saturated carbocycles. The predicted octanol–water partition coefficient (Wildman–Crippen LogP) is 9.29. The molecule has 4 atom stereocenters. The lowest BCUT2D eigenvalue weighted by Gasteiger charge is -2.31. The Balaban J connectivity index is 0.634. The number of nitrogens with zero attached hydrogens (tertiary/aromatic N) is 2. The smallest absolute Gasteiger partial charge is 0.319 e. The van der Waals surface area contributed by atoms with E-state index in [9.17, 15) is 9.59 Å². The average Bonchev–Trinajstić information content (AvgIpc) is 3.95. The molecule has 4 bridgehead atoms. The van der Waals surface area contributed by atoms with Crippen LogP contribution in [-0.2, 0) is 6.54 Å². The summed E-state index contributed by atoms with van der Waals surface area (Å²) in [5.74, 6) is 1.51. The molecule has 53 heavy (non-hydrogen) atoms. The van der Waals surface area contributed by atoms with Crippen LogP contribution in [0.1, 0.15) is 142 Å². The second-order valence-corrected chi connectivity index (χ2v) is 17.1. The maximum absolute atomic E-state index is 12.8. The molecule has 8 nitrogen and oxygen atoms in total. The average molecular weight is 715 g/mol. The van der Waals surface area contributed by atoms with Gasteiger partial charge in [-0.3, -0.25) is 9.80 Å². The van der Waals surface area contributed by atoms with E-state index >= 15 is 0 Å². The fourth-order valence-electron chi connectivity index (χ4n) is 11.3. The van der Waals surface area contributed by atoms with Gasteiger partial charge in [0.05, 0.1) is 0 Å². The molecular weight excluding hydrogens is 657 g/mol. The lowest BCUT2D eigenvalue weighted by molar-refractivity contribution is 0.185. The number of nitrogens with one attached hydrogen (secondary N) is 4. The van der Waals surface area contributed by atoms with Crippen molar-refractivity contribution in [2.24, 2.45) is 11.8 Å². The molecule has 4 fully saturated rings. The summed E-state index contributed by atoms with van der Waals surface area (Å²) in [4.78, 5) is 31.1. The fraction of sp³-hybridized carbons (Fsp3) is 0.556. The number of urea groups is 2. The highest BCUT2D eigenvalue weighted by Crippen LogP contribution is 2.54. The van der Waals surface area contributed by atoms with E-state index in [1.165, 1.54) is 77.3 Å². The summed E-state index contributed by atoms with van der Waals surface area (Å²) in [6.45, 7) is 2.86. The van der Waals surface area contributed by atoms with E-state index in [2.05, 4.69) is 79.6 Å². The lowest BCUT2D eigenvalue weighted by atomic mass is 9.84. The van der Waals surface area contributed by atoms with Gasteiger partial charge in [0.15, 0.2) is 0 Å². The summed E-state index contributed by atoms with van der Waals surface area (Å²) >= 11 is 0. The van der Waals surface area contributed by atoms with Crippen molar-refractivity contribution < 1.29 is 9.59 Å². The summed E-state index contributed by atoms with van der Waals surface area (Å²) in [5, 5.41) is 12.5. The van der Waals surface area contributed by atoms with Crippen LogP contribution in [0.4, 0.5) is 15.3 Å². The second-order valence-electron chi connectivity index (χ2n) is 17.1. The van der Waals surface area contributed by atoms with Crippen LogP contribution in [0.5, 0.6) is 0 Å². The van der Waals surface area contributed by atoms with Crippen LogP contribution in [0.15, 0.2) is 72.8 Å². The Bertz CT molecular complexity index is 1680. The first-order valence-corrected chi connectivity index (χ1v) is 21.0. The van der Waals surface area contributed by atoms with Gasteiger partial charge in [-0.05, 0) is 155 Å². The van der Waals surface area contributed by atoms with E-state index in [0.717, 1.165) is 48.8 Å². The molecule has 2 saturated heterocycles. The minimum atomic E-state index is -0.131. The Hall–Kier alpha value is -3.88. The molecular formula is C45H58N6O2. The zero-order valence-electron chi connectivity index (χ0n) is 31.3. The van der Waals surface area contributed by atoms with E-state index in [-0.39, 0.29) is 24.1 Å². The number of carbonyl (C=O) groups is 2. The zero-order chi connectivity index (χ0) is 35.7. The molecule has 4 aliphatic heterocycles. The summed E-state index contributed by atoms with van der Waals surface area (Å²) in [6.07, 6.45) is 16.7. The fourth-order valence-corrected chi connectivity index (χ4v) is 11.3. The minimum Gasteiger partial charge on any atom is -0.335 e. The first-order valence-electron chi connectivity index (χ1n) is 21.0. The van der Waals surface area contributed by atoms with Crippen molar-refractivity contribution in [3.63, 3.8) is 0 Å². The third kappa shape index (κ3) is 7.46. The van der Waals surface area contributed by atoms with Gasteiger partial charge in [0, 0.05) is 48.5 Å². The van der Waals surface area contributed by atoms with Crippen molar-refractivity contribution in [3.8, 4) is 0 Å². The first-order chi connectivity index (χ1) is 26.1. The van der Waals surface area contributed by atoms with Crippen LogP contribution in [0, 0.1) is 11.8 Å². The Labute approximate surface area is 315 Å². The number of anilines is 1. The van der Waals surface area contributed by atoms with E-state index < -0.39 is 0 Å². The summed E-state index contributed by atoms with van der Waals surface area (Å²) < 4.78 is 0. The molecule has 3 aromatic carbocycles. The number of carbonyl (C=O) groups excluding carboxylic acids is 2. The highest BCUT2D eigenvalue weighted by Gasteiger charge is 2.44. The van der Waals surface area contributed by atoms with E-state index in [4.69, 9.17) is 0 Å². The molecule has 0 unspecified atom stereocenters. The molecule has 0 aromatic heterocycles. The molecule has 9 rings (SSSR count). The third-order valence-corrected chi connectivity index (χ3v) is 14.1. The monoisotopic (exact) mass is 714 g/mol. The largest absolute Gasteiger partial charge is 0.335 e. The minimum absolute atomic E-state index is 0.0927. The normalized spacial score (nSPS) is 30.1. The molecule has 6 aliphatic rings. The van der Waals surface area contributed by atoms with Crippen LogP contribution in [0.3, 0.4) is 0 Å². The van der Waals surface area contributed by atoms with Crippen molar-refractivity contribution in [3.05, 3.63) is 101 Å². The number of hydrogen-bond donors (Lipinski definition) is 4. The highest BCUT2D eigenvalue weighted by molar-refractivity contribution is 5.89. The van der Waals surface area contributed by atoms with Crippen LogP contribution < -0.4 is 21.3 Å². The van der Waals surface area contributed by atoms with E-state index in [0.29, 0.717) is 30.7 Å². The van der Waals surface area contributed by atoms with Crippen molar-refractivity contribution in [2.75, 3.05) is 18.4 Å². The van der Waals surface area contributed by atoms with Crippen LogP contribution in [0.2, 0.25) is 0 Å². The Morgan fingerprint density at radius 2 is 0.925 bits per heavy atom. The van der Waals surface area contributed by atoms with Crippen molar-refractivity contribution in [2.45, 2.75) is 133 Å². The zero-order valence-corrected chi connectivity index (χ0v) is 31.3. The number of amides is 4. The standard InChI is InChI=1S/C45H58N6O2/c52-44(47-33-15-9-30(10-16-33)25-27-50-40-21-22-41(50)37-6-2-1-5-36(37)40)46-29-32-13-19-35(20-14-32)49-45(53)48-34-17-11-31(12-18-34)26-28-51-42-23-24-43(51)39-8-4-3-7-38(39)42/h1-8,13-14,19-20,30-31,33-34,40-43H,9-12,15-18,21-29H2,(H2,46,47,52)(H2,48,49,53)/t30-,31-,33-,34-,40-,41+,42-,43+. The lowest BCUT2D eigenvalue weighted by Crippen LogP contribution is -2.43. The van der Waals surface area contributed by atoms with Gasteiger partial charge in [0.2, 0.25) is 0 Å². The van der Waals surface area contributed by atoms with Crippen LogP contribution in [-0.4, -0.2) is 47.0 Å². The molecule has 0 radical (unpaired) electrons. The van der Waals surface area contributed by atoms with Crippen molar-refractivity contribution >= 4 is 17.7 Å². The summed E-state index contributed by atoms with van der Waals surface area (Å²) in [7, 11) is 0.